The van der Waals surface area contributed by atoms with E-state index in [1.807, 2.05) is 6.92 Å². The summed E-state index contributed by atoms with van der Waals surface area (Å²) in [5.41, 5.74) is 0.743. The first-order valence-corrected chi connectivity index (χ1v) is 6.32. The van der Waals surface area contributed by atoms with E-state index in [2.05, 4.69) is 23.8 Å². The van der Waals surface area contributed by atoms with Crippen LogP contribution < -0.4 is 0 Å². The maximum absolute atomic E-state index is 10.1. The van der Waals surface area contributed by atoms with Crippen LogP contribution in [-0.4, -0.2) is 10.7 Å². The molecule has 0 spiro atoms. The fraction of sp³-hybridized carbons (Fsp3) is 0.667. The third-order valence-electron chi connectivity index (χ3n) is 2.48. The molecule has 0 amide bonds. The van der Waals surface area contributed by atoms with Crippen LogP contribution in [0.25, 0.3) is 0 Å². The lowest BCUT2D eigenvalue weighted by Crippen LogP contribution is -2.26. The van der Waals surface area contributed by atoms with Gasteiger partial charge in [-0.1, -0.05) is 26.2 Å². The molecule has 0 radical (unpaired) electrons. The zero-order valence-electron chi connectivity index (χ0n) is 9.12. The fourth-order valence-electron chi connectivity index (χ4n) is 1.68. The fourth-order valence-corrected chi connectivity index (χ4v) is 2.35. The van der Waals surface area contributed by atoms with Crippen molar-refractivity contribution in [2.75, 3.05) is 0 Å². The molecule has 0 aliphatic rings. The van der Waals surface area contributed by atoms with Gasteiger partial charge in [0.15, 0.2) is 0 Å². The van der Waals surface area contributed by atoms with Crippen LogP contribution in [0.2, 0.25) is 0 Å². The van der Waals surface area contributed by atoms with Crippen LogP contribution in [-0.2, 0) is 6.42 Å². The maximum Gasteiger partial charge on any atom is 0.0660 e. The summed E-state index contributed by atoms with van der Waals surface area (Å²) in [5.74, 6) is 0. The van der Waals surface area contributed by atoms with Crippen LogP contribution in [0, 0.1) is 0 Å². The van der Waals surface area contributed by atoms with E-state index in [0.717, 1.165) is 19.3 Å². The largest absolute Gasteiger partial charge is 0.390 e. The topological polar surface area (TPSA) is 20.2 Å². The van der Waals surface area contributed by atoms with Gasteiger partial charge < -0.3 is 5.11 Å². The van der Waals surface area contributed by atoms with Crippen molar-refractivity contribution in [2.24, 2.45) is 0 Å². The first-order chi connectivity index (χ1) is 6.64. The molecule has 1 N–H and O–H groups in total. The molecule has 14 heavy (non-hydrogen) atoms. The predicted molar refractivity (Wildman–Crippen MR) is 62.8 cm³/mol. The van der Waals surface area contributed by atoms with Gasteiger partial charge in [0.2, 0.25) is 0 Å². The highest BCUT2D eigenvalue weighted by Crippen LogP contribution is 2.21. The maximum atomic E-state index is 10.1. The summed E-state index contributed by atoms with van der Waals surface area (Å²) >= 11 is 1.70. The van der Waals surface area contributed by atoms with Crippen molar-refractivity contribution in [2.45, 2.75) is 51.6 Å². The molecular weight excluding hydrogens is 192 g/mol. The lowest BCUT2D eigenvalue weighted by molar-refractivity contribution is 0.0487. The van der Waals surface area contributed by atoms with Crippen molar-refractivity contribution >= 4 is 11.3 Å². The molecule has 80 valence electrons. The summed E-state index contributed by atoms with van der Waals surface area (Å²) in [4.78, 5) is 0. The molecule has 0 saturated heterocycles. The van der Waals surface area contributed by atoms with Gasteiger partial charge in [0.05, 0.1) is 5.60 Å². The van der Waals surface area contributed by atoms with E-state index >= 15 is 0 Å². The van der Waals surface area contributed by atoms with Crippen LogP contribution in [0.5, 0.6) is 0 Å². The Morgan fingerprint density at radius 3 is 2.79 bits per heavy atom. The molecule has 0 saturated carbocycles. The van der Waals surface area contributed by atoms with Crippen molar-refractivity contribution in [3.63, 3.8) is 0 Å². The van der Waals surface area contributed by atoms with E-state index in [9.17, 15) is 5.11 Å². The highest BCUT2D eigenvalue weighted by molar-refractivity contribution is 7.07. The average molecular weight is 212 g/mol. The predicted octanol–water partition coefficient (Wildman–Crippen LogP) is 3.62. The molecule has 1 aromatic heterocycles. The molecule has 0 aliphatic carbocycles. The van der Waals surface area contributed by atoms with Crippen molar-refractivity contribution in [3.05, 3.63) is 22.4 Å². The smallest absolute Gasteiger partial charge is 0.0660 e. The number of thiophene rings is 1. The van der Waals surface area contributed by atoms with Crippen molar-refractivity contribution in [1.29, 1.82) is 0 Å². The van der Waals surface area contributed by atoms with Gasteiger partial charge in [0.1, 0.15) is 0 Å². The minimum Gasteiger partial charge on any atom is -0.390 e. The van der Waals surface area contributed by atoms with E-state index in [4.69, 9.17) is 0 Å². The number of hydrogen-bond donors (Lipinski definition) is 1. The van der Waals surface area contributed by atoms with Gasteiger partial charge >= 0.3 is 0 Å². The van der Waals surface area contributed by atoms with E-state index in [1.54, 1.807) is 11.3 Å². The number of unbranched alkanes of at least 4 members (excludes halogenated alkanes) is 2. The van der Waals surface area contributed by atoms with Gasteiger partial charge in [-0.25, -0.2) is 0 Å². The summed E-state index contributed by atoms with van der Waals surface area (Å²) in [7, 11) is 0. The van der Waals surface area contributed by atoms with E-state index in [0.29, 0.717) is 0 Å². The lowest BCUT2D eigenvalue weighted by Gasteiger charge is -2.22. The first-order valence-electron chi connectivity index (χ1n) is 5.37. The van der Waals surface area contributed by atoms with E-state index in [-0.39, 0.29) is 0 Å². The summed E-state index contributed by atoms with van der Waals surface area (Å²) in [6.07, 6.45) is 5.28. The third kappa shape index (κ3) is 4.25. The van der Waals surface area contributed by atoms with Gasteiger partial charge in [-0.15, -0.1) is 0 Å². The summed E-state index contributed by atoms with van der Waals surface area (Å²) < 4.78 is 0. The summed E-state index contributed by atoms with van der Waals surface area (Å²) in [6.45, 7) is 4.13. The van der Waals surface area contributed by atoms with Crippen LogP contribution >= 0.6 is 11.3 Å². The molecule has 0 bridgehead atoms. The molecule has 1 rings (SSSR count). The standard InChI is InChI=1S/C12H20OS/c1-3-4-5-7-12(2,13)9-11-6-8-14-10-11/h6,8,10,13H,3-5,7,9H2,1-2H3. The van der Waals surface area contributed by atoms with Crippen molar-refractivity contribution < 1.29 is 5.11 Å². The van der Waals surface area contributed by atoms with Gasteiger partial charge in [-0.3, -0.25) is 0 Å². The normalized spacial score (nSPS) is 15.4. The molecular formula is C12H20OS. The molecule has 0 fully saturated rings. The van der Waals surface area contributed by atoms with Gasteiger partial charge in [-0.05, 0) is 35.7 Å². The molecule has 1 heterocycles. The highest BCUT2D eigenvalue weighted by atomic mass is 32.1. The Labute approximate surface area is 90.8 Å². The monoisotopic (exact) mass is 212 g/mol. The third-order valence-corrected chi connectivity index (χ3v) is 3.22. The number of aliphatic hydroxyl groups is 1. The second-order valence-corrected chi connectivity index (χ2v) is 5.04. The SMILES string of the molecule is CCCCCC(C)(O)Cc1ccsc1. The van der Waals surface area contributed by atoms with E-state index < -0.39 is 5.60 Å². The number of rotatable bonds is 6. The van der Waals surface area contributed by atoms with Crippen LogP contribution in [0.4, 0.5) is 0 Å². The van der Waals surface area contributed by atoms with Crippen molar-refractivity contribution in [1.82, 2.24) is 0 Å². The summed E-state index contributed by atoms with van der Waals surface area (Å²) in [5, 5.41) is 14.3. The molecule has 0 aromatic carbocycles. The Balaban J connectivity index is 2.33. The molecule has 1 atom stereocenters. The van der Waals surface area contributed by atoms with E-state index in [1.165, 1.54) is 18.4 Å². The Bertz CT molecular complexity index is 239. The minimum absolute atomic E-state index is 0.518. The molecule has 1 aromatic rings. The van der Waals surface area contributed by atoms with Gasteiger partial charge in [0.25, 0.3) is 0 Å². The van der Waals surface area contributed by atoms with Crippen LogP contribution in [0.1, 0.15) is 45.1 Å². The molecule has 2 heteroatoms. The average Bonchev–Trinajstić information content (AvgIpc) is 2.56. The zero-order chi connectivity index (χ0) is 10.4. The van der Waals surface area contributed by atoms with Crippen LogP contribution in [0.3, 0.4) is 0 Å². The lowest BCUT2D eigenvalue weighted by atomic mass is 9.92. The van der Waals surface area contributed by atoms with Crippen molar-refractivity contribution in [3.8, 4) is 0 Å². The Morgan fingerprint density at radius 1 is 1.43 bits per heavy atom. The second-order valence-electron chi connectivity index (χ2n) is 4.26. The Morgan fingerprint density at radius 2 is 2.21 bits per heavy atom. The van der Waals surface area contributed by atoms with Gasteiger partial charge in [-0.2, -0.15) is 11.3 Å². The van der Waals surface area contributed by atoms with Crippen LogP contribution in [0.15, 0.2) is 16.8 Å². The molecule has 1 nitrogen and oxygen atoms in total. The Kier molecular flexibility index (Phi) is 4.63. The first kappa shape index (κ1) is 11.7. The van der Waals surface area contributed by atoms with Gasteiger partial charge in [0, 0.05) is 6.42 Å². The molecule has 1 unspecified atom stereocenters. The Hall–Kier alpha value is -0.340. The quantitative estimate of drug-likeness (QED) is 0.714. The minimum atomic E-state index is -0.518. The zero-order valence-corrected chi connectivity index (χ0v) is 9.94. The highest BCUT2D eigenvalue weighted by Gasteiger charge is 2.20. The summed E-state index contributed by atoms with van der Waals surface area (Å²) in [6, 6.07) is 2.10. The molecule has 0 aliphatic heterocycles. The number of hydrogen-bond acceptors (Lipinski definition) is 2. The second kappa shape index (κ2) is 5.52.